The van der Waals surface area contributed by atoms with Crippen LogP contribution in [0.4, 0.5) is 18.9 Å². The van der Waals surface area contributed by atoms with Crippen molar-refractivity contribution in [2.45, 2.75) is 51.1 Å². The summed E-state index contributed by atoms with van der Waals surface area (Å²) < 4.78 is 40.6. The number of alkyl halides is 3. The zero-order valence-corrected chi connectivity index (χ0v) is 20.6. The summed E-state index contributed by atoms with van der Waals surface area (Å²) in [6.07, 6.45) is -0.561. The van der Waals surface area contributed by atoms with Crippen LogP contribution in [-0.4, -0.2) is 68.1 Å². The second kappa shape index (κ2) is 9.59. The molecule has 3 fully saturated rings. The number of rotatable bonds is 4. The molecule has 1 saturated carbocycles. The number of hydrogen-bond acceptors (Lipinski definition) is 3. The smallest absolute Gasteiger partial charge is 0.371 e. The first-order chi connectivity index (χ1) is 16.0. The van der Waals surface area contributed by atoms with E-state index in [0.29, 0.717) is 41.9 Å². The maximum absolute atomic E-state index is 13.5. The van der Waals surface area contributed by atoms with Crippen LogP contribution in [0.1, 0.15) is 55.3 Å². The van der Waals surface area contributed by atoms with Crippen molar-refractivity contribution >= 4 is 29.1 Å². The van der Waals surface area contributed by atoms with E-state index >= 15 is 0 Å². The van der Waals surface area contributed by atoms with E-state index in [0.717, 1.165) is 44.5 Å². The van der Waals surface area contributed by atoms with E-state index in [2.05, 4.69) is 4.90 Å². The van der Waals surface area contributed by atoms with Crippen LogP contribution in [0.5, 0.6) is 0 Å². The Morgan fingerprint density at radius 1 is 1.00 bits per heavy atom. The van der Waals surface area contributed by atoms with Gasteiger partial charge in [-0.15, -0.1) is 0 Å². The van der Waals surface area contributed by atoms with Gasteiger partial charge in [-0.25, -0.2) is 0 Å². The summed E-state index contributed by atoms with van der Waals surface area (Å²) in [4.78, 5) is 30.2. The van der Waals surface area contributed by atoms with Crippen molar-refractivity contribution < 1.29 is 22.8 Å². The van der Waals surface area contributed by atoms with E-state index in [1.54, 1.807) is 20.2 Å². The van der Waals surface area contributed by atoms with Gasteiger partial charge < -0.3 is 14.7 Å². The van der Waals surface area contributed by atoms with Gasteiger partial charge in [0.15, 0.2) is 0 Å². The highest BCUT2D eigenvalue weighted by Crippen LogP contribution is 2.54. The summed E-state index contributed by atoms with van der Waals surface area (Å²) >= 11 is 6.38. The van der Waals surface area contributed by atoms with Gasteiger partial charge >= 0.3 is 6.18 Å². The fourth-order valence-electron chi connectivity index (χ4n) is 5.77. The van der Waals surface area contributed by atoms with Gasteiger partial charge in [-0.3, -0.25) is 9.59 Å². The molecule has 2 amide bonds. The molecule has 4 rings (SSSR count). The van der Waals surface area contributed by atoms with Crippen molar-refractivity contribution in [3.05, 3.63) is 28.8 Å². The average molecular weight is 500 g/mol. The summed E-state index contributed by atoms with van der Waals surface area (Å²) in [6, 6.07) is 5.55. The predicted molar refractivity (Wildman–Crippen MR) is 126 cm³/mol. The molecule has 9 heteroatoms. The number of anilines is 1. The molecule has 0 radical (unpaired) electrons. The summed E-state index contributed by atoms with van der Waals surface area (Å²) in [6.45, 7) is 2.60. The molecule has 3 aliphatic rings. The summed E-state index contributed by atoms with van der Waals surface area (Å²) in [5, 5.41) is 0.443. The number of nitrogens with zero attached hydrogens (tertiary/aromatic N) is 3. The topological polar surface area (TPSA) is 43.9 Å². The highest BCUT2D eigenvalue weighted by Gasteiger charge is 2.64. The molecule has 1 aromatic carbocycles. The van der Waals surface area contributed by atoms with E-state index in [1.807, 2.05) is 12.1 Å². The van der Waals surface area contributed by atoms with Crippen molar-refractivity contribution in [3.8, 4) is 0 Å². The number of hydrogen-bond donors (Lipinski definition) is 0. The highest BCUT2D eigenvalue weighted by atomic mass is 35.5. The Kier molecular flexibility index (Phi) is 7.09. The molecule has 0 unspecified atom stereocenters. The van der Waals surface area contributed by atoms with Gasteiger partial charge in [0, 0.05) is 46.0 Å². The number of piperidine rings is 2. The third kappa shape index (κ3) is 4.62. The minimum Gasteiger partial charge on any atom is -0.371 e. The fraction of sp³-hybridized carbons (Fsp3) is 0.680. The first-order valence-electron chi connectivity index (χ1n) is 12.2. The number of likely N-dealkylation sites (tertiary alicyclic amines) is 1. The Morgan fingerprint density at radius 2 is 1.56 bits per heavy atom. The lowest BCUT2D eigenvalue weighted by atomic mass is 9.66. The molecule has 5 nitrogen and oxygen atoms in total. The molecule has 0 aromatic heterocycles. The lowest BCUT2D eigenvalue weighted by molar-refractivity contribution is -0.249. The quantitative estimate of drug-likeness (QED) is 0.570. The Morgan fingerprint density at radius 3 is 2.00 bits per heavy atom. The Bertz CT molecular complexity index is 916. The first kappa shape index (κ1) is 25.1. The highest BCUT2D eigenvalue weighted by molar-refractivity contribution is 6.34. The van der Waals surface area contributed by atoms with Gasteiger partial charge in [-0.1, -0.05) is 18.0 Å². The van der Waals surface area contributed by atoms with Crippen molar-refractivity contribution in [1.29, 1.82) is 0 Å². The molecule has 2 saturated heterocycles. The van der Waals surface area contributed by atoms with Gasteiger partial charge in [-0.2, -0.15) is 13.2 Å². The molecule has 0 N–H and O–H groups in total. The lowest BCUT2D eigenvalue weighted by Crippen LogP contribution is -2.57. The second-order valence-corrected chi connectivity index (χ2v) is 10.7. The maximum atomic E-state index is 13.5. The molecular weight excluding hydrogens is 467 g/mol. The van der Waals surface area contributed by atoms with Crippen LogP contribution in [0.2, 0.25) is 5.02 Å². The second-order valence-electron chi connectivity index (χ2n) is 10.3. The Balaban J connectivity index is 1.29. The summed E-state index contributed by atoms with van der Waals surface area (Å²) in [7, 11) is 3.39. The average Bonchev–Trinajstić information content (AvgIpc) is 2.77. The van der Waals surface area contributed by atoms with E-state index in [9.17, 15) is 22.8 Å². The predicted octanol–water partition coefficient (Wildman–Crippen LogP) is 5.23. The standard InChI is InChI=1S/C25H33ClF3N3O2/c1-30(2)22(33)20-5-4-19(16-21(20)26)31-12-6-17(7-13-31)18-8-14-32(15-9-18)23(34)24(10-3-11-24)25(27,28)29/h4-5,16-18H,3,6-15H2,1-2H3. The SMILES string of the molecule is CN(C)C(=O)c1ccc(N2CCC(C3CCN(C(=O)C4(C(F)(F)F)CCC4)CC3)CC2)cc1Cl. The molecule has 2 heterocycles. The van der Waals surface area contributed by atoms with E-state index < -0.39 is 17.5 Å². The Hall–Kier alpha value is -1.96. The molecule has 0 atom stereocenters. The minimum absolute atomic E-state index is 0.0674. The molecule has 34 heavy (non-hydrogen) atoms. The van der Waals surface area contributed by atoms with Gasteiger partial charge in [0.25, 0.3) is 5.91 Å². The van der Waals surface area contributed by atoms with Crippen LogP contribution in [0.25, 0.3) is 0 Å². The normalized spacial score (nSPS) is 21.8. The van der Waals surface area contributed by atoms with Gasteiger partial charge in [0.2, 0.25) is 5.91 Å². The fourth-order valence-corrected chi connectivity index (χ4v) is 6.03. The lowest BCUT2D eigenvalue weighted by Gasteiger charge is -2.47. The zero-order valence-electron chi connectivity index (χ0n) is 19.8. The maximum Gasteiger partial charge on any atom is 0.403 e. The number of carbonyl (C=O) groups excluding carboxylic acids is 2. The molecule has 0 spiro atoms. The van der Waals surface area contributed by atoms with Crippen molar-refractivity contribution in [1.82, 2.24) is 9.80 Å². The number of halogens is 4. The Labute approximate surface area is 204 Å². The van der Waals surface area contributed by atoms with E-state index in [-0.39, 0.29) is 18.7 Å². The first-order valence-corrected chi connectivity index (χ1v) is 12.5. The van der Waals surface area contributed by atoms with Crippen LogP contribution >= 0.6 is 11.6 Å². The molecule has 2 aliphatic heterocycles. The van der Waals surface area contributed by atoms with Crippen molar-refractivity contribution in [3.63, 3.8) is 0 Å². The van der Waals surface area contributed by atoms with Crippen LogP contribution in [0, 0.1) is 17.3 Å². The number of amides is 2. The number of benzene rings is 1. The van der Waals surface area contributed by atoms with Crippen LogP contribution in [0.3, 0.4) is 0 Å². The molecule has 1 aromatic rings. The zero-order chi connectivity index (χ0) is 24.7. The van der Waals surface area contributed by atoms with Gasteiger partial charge in [0.1, 0.15) is 5.41 Å². The molecule has 1 aliphatic carbocycles. The van der Waals surface area contributed by atoms with Gasteiger partial charge in [-0.05, 0) is 68.6 Å². The summed E-state index contributed by atoms with van der Waals surface area (Å²) in [5.41, 5.74) is -0.642. The van der Waals surface area contributed by atoms with Crippen molar-refractivity contribution in [2.24, 2.45) is 17.3 Å². The number of carbonyl (C=O) groups is 2. The third-order valence-corrected chi connectivity index (χ3v) is 8.46. The van der Waals surface area contributed by atoms with E-state index in [4.69, 9.17) is 11.6 Å². The van der Waals surface area contributed by atoms with Crippen molar-refractivity contribution in [2.75, 3.05) is 45.2 Å². The molecule has 188 valence electrons. The third-order valence-electron chi connectivity index (χ3n) is 8.15. The van der Waals surface area contributed by atoms with Crippen LogP contribution in [-0.2, 0) is 4.79 Å². The summed E-state index contributed by atoms with van der Waals surface area (Å²) in [5.74, 6) is 0.128. The van der Waals surface area contributed by atoms with Gasteiger partial charge in [0.05, 0.1) is 10.6 Å². The van der Waals surface area contributed by atoms with Crippen LogP contribution in [0.15, 0.2) is 18.2 Å². The van der Waals surface area contributed by atoms with E-state index in [1.165, 1.54) is 9.80 Å². The molecular formula is C25H33ClF3N3O2. The molecule has 0 bridgehead atoms. The monoisotopic (exact) mass is 499 g/mol. The largest absolute Gasteiger partial charge is 0.403 e. The van der Waals surface area contributed by atoms with Crippen LogP contribution < -0.4 is 4.90 Å². The minimum atomic E-state index is -4.45.